The number of amides is 3. The highest BCUT2D eigenvalue weighted by atomic mass is 35.5. The zero-order chi connectivity index (χ0) is 23.4. The van der Waals surface area contributed by atoms with Gasteiger partial charge in [0.1, 0.15) is 18.1 Å². The Hall–Kier alpha value is -3.84. The lowest BCUT2D eigenvalue weighted by molar-refractivity contribution is -0.123. The number of carbonyl (C=O) groups is 2. The fraction of sp³-hybridized carbons (Fsp3) is 0.120. The molecule has 0 aliphatic carbocycles. The minimum atomic E-state index is -0.497. The highest BCUT2D eigenvalue weighted by Crippen LogP contribution is 2.30. The van der Waals surface area contributed by atoms with E-state index < -0.39 is 11.9 Å². The van der Waals surface area contributed by atoms with Gasteiger partial charge in [0.2, 0.25) is 0 Å². The van der Waals surface area contributed by atoms with E-state index in [9.17, 15) is 14.0 Å². The van der Waals surface area contributed by atoms with E-state index in [-0.39, 0.29) is 24.7 Å². The highest BCUT2D eigenvalue weighted by molar-refractivity contribution is 6.30. The van der Waals surface area contributed by atoms with Crippen molar-refractivity contribution in [3.05, 3.63) is 100.0 Å². The molecule has 1 heterocycles. The van der Waals surface area contributed by atoms with E-state index in [1.807, 2.05) is 0 Å². The summed E-state index contributed by atoms with van der Waals surface area (Å²) in [5, 5.41) is 3.18. The topological polar surface area (TPSA) is 67.9 Å². The quantitative estimate of drug-likeness (QED) is 0.386. The number of hydrogen-bond acceptors (Lipinski definition) is 4. The van der Waals surface area contributed by atoms with Crippen LogP contribution in [0.3, 0.4) is 0 Å². The van der Waals surface area contributed by atoms with Crippen molar-refractivity contribution in [2.45, 2.75) is 13.2 Å². The summed E-state index contributed by atoms with van der Waals surface area (Å²) in [6, 6.07) is 17.7. The van der Waals surface area contributed by atoms with Crippen molar-refractivity contribution in [2.75, 3.05) is 7.11 Å². The number of methoxy groups -OCH3 is 1. The lowest BCUT2D eigenvalue weighted by Gasteiger charge is -2.12. The Morgan fingerprint density at radius 3 is 2.52 bits per heavy atom. The molecule has 4 rings (SSSR count). The van der Waals surface area contributed by atoms with E-state index in [2.05, 4.69) is 5.32 Å². The Morgan fingerprint density at radius 1 is 1.00 bits per heavy atom. The van der Waals surface area contributed by atoms with Gasteiger partial charge in [-0.25, -0.2) is 9.18 Å². The molecule has 3 amide bonds. The molecular weight excluding hydrogens is 447 g/mol. The first-order valence-corrected chi connectivity index (χ1v) is 10.4. The molecule has 1 aliphatic heterocycles. The van der Waals surface area contributed by atoms with Crippen LogP contribution in [0, 0.1) is 5.82 Å². The van der Waals surface area contributed by atoms with Crippen molar-refractivity contribution in [1.82, 2.24) is 10.2 Å². The molecule has 1 aliphatic rings. The van der Waals surface area contributed by atoms with Gasteiger partial charge in [0.25, 0.3) is 5.91 Å². The van der Waals surface area contributed by atoms with Crippen LogP contribution in [0.25, 0.3) is 6.08 Å². The van der Waals surface area contributed by atoms with Crippen molar-refractivity contribution in [3.63, 3.8) is 0 Å². The van der Waals surface area contributed by atoms with Gasteiger partial charge in [-0.05, 0) is 59.2 Å². The molecule has 8 heteroatoms. The normalized spacial score (nSPS) is 14.5. The Labute approximate surface area is 195 Å². The number of nitrogens with one attached hydrogen (secondary N) is 1. The van der Waals surface area contributed by atoms with Crippen molar-refractivity contribution < 1.29 is 23.5 Å². The Morgan fingerprint density at radius 2 is 1.79 bits per heavy atom. The van der Waals surface area contributed by atoms with Gasteiger partial charge in [0.15, 0.2) is 11.5 Å². The first-order valence-electron chi connectivity index (χ1n) is 10.1. The summed E-state index contributed by atoms with van der Waals surface area (Å²) in [5.41, 5.74) is 2.26. The van der Waals surface area contributed by atoms with Gasteiger partial charge in [-0.1, -0.05) is 41.9 Å². The SMILES string of the molecule is COc1cc(/C=C2\NC(=O)N(Cc3ccc(Cl)cc3)C2=O)ccc1OCc1cccc(F)c1. The van der Waals surface area contributed by atoms with E-state index >= 15 is 0 Å². The van der Waals surface area contributed by atoms with Crippen LogP contribution in [0.2, 0.25) is 5.02 Å². The third kappa shape index (κ3) is 5.32. The summed E-state index contributed by atoms with van der Waals surface area (Å²) in [7, 11) is 1.50. The molecule has 1 saturated heterocycles. The summed E-state index contributed by atoms with van der Waals surface area (Å²) < 4.78 is 24.5. The number of imide groups is 1. The van der Waals surface area contributed by atoms with Crippen LogP contribution in [0.15, 0.2) is 72.4 Å². The van der Waals surface area contributed by atoms with E-state index in [0.717, 1.165) is 10.5 Å². The van der Waals surface area contributed by atoms with Crippen molar-refractivity contribution >= 4 is 29.6 Å². The Balaban J connectivity index is 1.48. The van der Waals surface area contributed by atoms with Crippen molar-refractivity contribution in [1.29, 1.82) is 0 Å². The number of ether oxygens (including phenoxy) is 2. The number of hydrogen-bond donors (Lipinski definition) is 1. The van der Waals surface area contributed by atoms with Crippen LogP contribution in [0.5, 0.6) is 11.5 Å². The van der Waals surface area contributed by atoms with E-state index in [4.69, 9.17) is 21.1 Å². The fourth-order valence-electron chi connectivity index (χ4n) is 3.34. The van der Waals surface area contributed by atoms with Gasteiger partial charge < -0.3 is 14.8 Å². The average molecular weight is 467 g/mol. The second kappa shape index (κ2) is 9.75. The number of rotatable bonds is 7. The Bertz CT molecular complexity index is 1230. The average Bonchev–Trinajstić information content (AvgIpc) is 3.06. The smallest absolute Gasteiger partial charge is 0.329 e. The second-order valence-corrected chi connectivity index (χ2v) is 7.77. The molecule has 1 fully saturated rings. The fourth-order valence-corrected chi connectivity index (χ4v) is 3.46. The highest BCUT2D eigenvalue weighted by Gasteiger charge is 2.33. The molecule has 0 aromatic heterocycles. The van der Waals surface area contributed by atoms with Gasteiger partial charge >= 0.3 is 6.03 Å². The molecule has 0 atom stereocenters. The Kier molecular flexibility index (Phi) is 6.60. The third-order valence-corrected chi connectivity index (χ3v) is 5.25. The second-order valence-electron chi connectivity index (χ2n) is 7.33. The lowest BCUT2D eigenvalue weighted by Crippen LogP contribution is -2.30. The van der Waals surface area contributed by atoms with Gasteiger partial charge in [-0.2, -0.15) is 0 Å². The largest absolute Gasteiger partial charge is 0.493 e. The number of benzene rings is 3. The van der Waals surface area contributed by atoms with Crippen LogP contribution >= 0.6 is 11.6 Å². The van der Waals surface area contributed by atoms with Gasteiger partial charge in [-0.3, -0.25) is 9.69 Å². The molecule has 0 spiro atoms. The zero-order valence-corrected chi connectivity index (χ0v) is 18.4. The van der Waals surface area contributed by atoms with Crippen molar-refractivity contribution in [2.24, 2.45) is 0 Å². The summed E-state index contributed by atoms with van der Waals surface area (Å²) >= 11 is 5.89. The van der Waals surface area contributed by atoms with E-state index in [0.29, 0.717) is 27.6 Å². The molecule has 168 valence electrons. The number of nitrogens with zero attached hydrogens (tertiary/aromatic N) is 1. The molecule has 3 aromatic rings. The molecule has 33 heavy (non-hydrogen) atoms. The minimum Gasteiger partial charge on any atom is -0.493 e. The summed E-state index contributed by atoms with van der Waals surface area (Å²) in [6.07, 6.45) is 1.57. The molecular formula is C25H20ClFN2O4. The first-order chi connectivity index (χ1) is 15.9. The predicted molar refractivity (Wildman–Crippen MR) is 122 cm³/mol. The molecule has 0 saturated carbocycles. The summed E-state index contributed by atoms with van der Waals surface area (Å²) in [4.78, 5) is 26.2. The van der Waals surface area contributed by atoms with Gasteiger partial charge in [0.05, 0.1) is 13.7 Å². The summed E-state index contributed by atoms with van der Waals surface area (Å²) in [5.74, 6) is 0.143. The molecule has 0 unspecified atom stereocenters. The first kappa shape index (κ1) is 22.4. The van der Waals surface area contributed by atoms with Crippen LogP contribution in [0.4, 0.5) is 9.18 Å². The summed E-state index contributed by atoms with van der Waals surface area (Å²) in [6.45, 7) is 0.304. The van der Waals surface area contributed by atoms with Gasteiger partial charge in [-0.15, -0.1) is 0 Å². The zero-order valence-electron chi connectivity index (χ0n) is 17.7. The monoisotopic (exact) mass is 466 g/mol. The number of carbonyl (C=O) groups excluding carboxylic acids is 2. The minimum absolute atomic E-state index is 0.134. The van der Waals surface area contributed by atoms with Crippen LogP contribution in [-0.2, 0) is 17.9 Å². The molecule has 3 aromatic carbocycles. The van der Waals surface area contributed by atoms with Crippen molar-refractivity contribution in [3.8, 4) is 11.5 Å². The molecule has 1 N–H and O–H groups in total. The molecule has 6 nitrogen and oxygen atoms in total. The standard InChI is InChI=1S/C25H20ClFN2O4/c1-32-23-13-17(7-10-22(23)33-15-18-3-2-4-20(27)11-18)12-21-24(30)29(25(31)28-21)14-16-5-8-19(26)9-6-16/h2-13H,14-15H2,1H3,(H,28,31)/b21-12-. The lowest BCUT2D eigenvalue weighted by atomic mass is 10.1. The predicted octanol–water partition coefficient (Wildman–Crippen LogP) is 5.16. The van der Waals surface area contributed by atoms with Crippen LogP contribution < -0.4 is 14.8 Å². The van der Waals surface area contributed by atoms with Crippen LogP contribution in [-0.4, -0.2) is 23.9 Å². The maximum atomic E-state index is 13.4. The van der Waals surface area contributed by atoms with E-state index in [1.165, 1.54) is 19.2 Å². The van der Waals surface area contributed by atoms with Crippen LogP contribution in [0.1, 0.15) is 16.7 Å². The number of halogens is 2. The third-order valence-electron chi connectivity index (χ3n) is 5.00. The van der Waals surface area contributed by atoms with Gasteiger partial charge in [0, 0.05) is 5.02 Å². The molecule has 0 radical (unpaired) electrons. The maximum Gasteiger partial charge on any atom is 0.329 e. The number of urea groups is 1. The van der Waals surface area contributed by atoms with E-state index in [1.54, 1.807) is 60.7 Å². The maximum absolute atomic E-state index is 13.4. The molecule has 0 bridgehead atoms.